The molecule has 4 atom stereocenters. The molecule has 0 radical (unpaired) electrons. The van der Waals surface area contributed by atoms with Crippen LogP contribution < -0.4 is 25.0 Å². The Hall–Kier alpha value is -3.51. The van der Waals surface area contributed by atoms with Gasteiger partial charge in [0.2, 0.25) is 27.8 Å². The molecule has 0 spiro atoms. The zero-order valence-corrected chi connectivity index (χ0v) is 22.3. The highest BCUT2D eigenvalue weighted by atomic mass is 32.2. The summed E-state index contributed by atoms with van der Waals surface area (Å²) in [6.07, 6.45) is 5.63. The Morgan fingerprint density at radius 2 is 2.00 bits per heavy atom. The lowest BCUT2D eigenvalue weighted by atomic mass is 10.0. The average molecular weight is 553 g/mol. The highest BCUT2D eigenvalue weighted by Crippen LogP contribution is 2.45. The largest absolute Gasteiger partial charge is 0.473 e. The molecule has 39 heavy (non-hydrogen) atoms. The van der Waals surface area contributed by atoms with Crippen molar-refractivity contribution in [2.45, 2.75) is 61.6 Å². The van der Waals surface area contributed by atoms with Crippen LogP contribution in [0.2, 0.25) is 0 Å². The summed E-state index contributed by atoms with van der Waals surface area (Å²) in [5.41, 5.74) is 1.31. The van der Waals surface area contributed by atoms with Crippen LogP contribution in [0.25, 0.3) is 0 Å². The van der Waals surface area contributed by atoms with Crippen LogP contribution in [0, 0.1) is 5.92 Å². The smallest absolute Gasteiger partial charge is 0.259 e. The van der Waals surface area contributed by atoms with Crippen LogP contribution in [-0.2, 0) is 32.6 Å². The molecule has 2 aromatic rings. The molecule has 2 amide bonds. The van der Waals surface area contributed by atoms with E-state index in [2.05, 4.69) is 55.0 Å². The third kappa shape index (κ3) is 5.22. The molecule has 12 heteroatoms. The summed E-state index contributed by atoms with van der Waals surface area (Å²) in [4.78, 5) is 37.2. The summed E-state index contributed by atoms with van der Waals surface area (Å²) in [6, 6.07) is 9.47. The number of benzene rings is 1. The van der Waals surface area contributed by atoms with Crippen LogP contribution in [0.1, 0.15) is 36.8 Å². The molecule has 4 unspecified atom stereocenters. The topological polar surface area (TPSA) is 143 Å². The number of sulfonamides is 1. The van der Waals surface area contributed by atoms with E-state index in [4.69, 9.17) is 4.74 Å². The molecular weight excluding hydrogens is 520 g/mol. The standard InChI is InChI=1S/C27H32N6O5S/c1-2-19-14-27(19,25(35)32-39(36,37)21-7-8-21)31-24(34)22-13-20(15-29-22)38-23-9-11-28-26(30-23)33-12-10-17-5-3-4-6-18(17)16-33/h2-6,9,11,19-22,29H,1,7-8,10,12-16H2,(H,31,34)(H,32,35). The molecule has 2 aliphatic heterocycles. The second-order valence-electron chi connectivity index (χ2n) is 10.8. The van der Waals surface area contributed by atoms with Crippen LogP contribution in [0.15, 0.2) is 49.2 Å². The van der Waals surface area contributed by atoms with Gasteiger partial charge in [0.15, 0.2) is 0 Å². The first-order chi connectivity index (χ1) is 18.8. The van der Waals surface area contributed by atoms with Crippen molar-refractivity contribution in [2.24, 2.45) is 5.92 Å². The number of rotatable bonds is 9. The van der Waals surface area contributed by atoms with Crippen molar-refractivity contribution in [3.63, 3.8) is 0 Å². The Bertz CT molecular complexity index is 1410. The van der Waals surface area contributed by atoms with E-state index in [1.165, 1.54) is 11.1 Å². The van der Waals surface area contributed by atoms with Crippen molar-refractivity contribution in [1.82, 2.24) is 25.3 Å². The van der Waals surface area contributed by atoms with Gasteiger partial charge in [0.05, 0.1) is 11.3 Å². The number of nitrogens with zero attached hydrogens (tertiary/aromatic N) is 3. The maximum Gasteiger partial charge on any atom is 0.259 e. The minimum Gasteiger partial charge on any atom is -0.473 e. The quantitative estimate of drug-likeness (QED) is 0.385. The number of carbonyl (C=O) groups excluding carboxylic acids is 2. The van der Waals surface area contributed by atoms with Crippen LogP contribution in [0.4, 0.5) is 5.95 Å². The molecule has 206 valence electrons. The highest BCUT2D eigenvalue weighted by molar-refractivity contribution is 7.91. The van der Waals surface area contributed by atoms with E-state index in [1.807, 2.05) is 6.07 Å². The Labute approximate surface area is 227 Å². The third-order valence-electron chi connectivity index (χ3n) is 7.97. The zero-order chi connectivity index (χ0) is 27.2. The second kappa shape index (κ2) is 9.91. The fourth-order valence-electron chi connectivity index (χ4n) is 5.40. The van der Waals surface area contributed by atoms with Crippen molar-refractivity contribution < 1.29 is 22.7 Å². The van der Waals surface area contributed by atoms with Crippen LogP contribution in [-0.4, -0.2) is 66.2 Å². The highest BCUT2D eigenvalue weighted by Gasteiger charge is 2.61. The van der Waals surface area contributed by atoms with Gasteiger partial charge in [0.1, 0.15) is 11.6 Å². The molecular formula is C27H32N6O5S. The average Bonchev–Trinajstić information content (AvgIpc) is 3.86. The molecule has 0 bridgehead atoms. The normalized spacial score (nSPS) is 27.8. The molecule has 6 rings (SSSR count). The van der Waals surface area contributed by atoms with E-state index in [9.17, 15) is 18.0 Å². The number of aromatic nitrogens is 2. The Morgan fingerprint density at radius 3 is 2.74 bits per heavy atom. The fourth-order valence-corrected chi connectivity index (χ4v) is 6.77. The number of fused-ring (bicyclic) bond motifs is 1. The number of carbonyl (C=O) groups is 2. The van der Waals surface area contributed by atoms with Crippen molar-refractivity contribution in [2.75, 3.05) is 18.0 Å². The van der Waals surface area contributed by atoms with Gasteiger partial charge in [-0.2, -0.15) is 4.98 Å². The number of amides is 2. The van der Waals surface area contributed by atoms with Gasteiger partial charge >= 0.3 is 0 Å². The lowest BCUT2D eigenvalue weighted by Gasteiger charge is -2.29. The third-order valence-corrected chi connectivity index (χ3v) is 9.79. The molecule has 2 saturated carbocycles. The molecule has 3 heterocycles. The summed E-state index contributed by atoms with van der Waals surface area (Å²) in [5.74, 6) is -0.375. The molecule has 3 N–H and O–H groups in total. The summed E-state index contributed by atoms with van der Waals surface area (Å²) < 4.78 is 32.9. The monoisotopic (exact) mass is 552 g/mol. The van der Waals surface area contributed by atoms with Gasteiger partial charge in [0.25, 0.3) is 5.91 Å². The van der Waals surface area contributed by atoms with E-state index in [0.29, 0.717) is 44.1 Å². The van der Waals surface area contributed by atoms with Gasteiger partial charge in [-0.1, -0.05) is 30.3 Å². The van der Waals surface area contributed by atoms with E-state index in [0.717, 1.165) is 19.5 Å². The van der Waals surface area contributed by atoms with Gasteiger partial charge in [0, 0.05) is 44.2 Å². The SMILES string of the molecule is C=CC1CC1(NC(=O)C1CC(Oc2ccnc(N3CCc4ccccc4C3)n2)CN1)C(=O)NS(=O)(=O)C1CC1. The number of hydrogen-bond donors (Lipinski definition) is 3. The van der Waals surface area contributed by atoms with E-state index < -0.39 is 32.8 Å². The zero-order valence-electron chi connectivity index (χ0n) is 21.5. The first-order valence-electron chi connectivity index (χ1n) is 13.3. The molecule has 2 aliphatic carbocycles. The van der Waals surface area contributed by atoms with Gasteiger partial charge in [-0.15, -0.1) is 6.58 Å². The van der Waals surface area contributed by atoms with E-state index >= 15 is 0 Å². The maximum atomic E-state index is 13.1. The first kappa shape index (κ1) is 25.8. The molecule has 11 nitrogen and oxygen atoms in total. The molecule has 1 aromatic heterocycles. The minimum absolute atomic E-state index is 0.306. The fraction of sp³-hybridized carbons (Fsp3) is 0.481. The predicted molar refractivity (Wildman–Crippen MR) is 143 cm³/mol. The van der Waals surface area contributed by atoms with Crippen LogP contribution in [0.3, 0.4) is 0 Å². The van der Waals surface area contributed by atoms with E-state index in [1.54, 1.807) is 18.3 Å². The minimum atomic E-state index is -3.72. The number of ether oxygens (including phenoxy) is 1. The Morgan fingerprint density at radius 1 is 1.21 bits per heavy atom. The Kier molecular flexibility index (Phi) is 6.54. The second-order valence-corrected chi connectivity index (χ2v) is 12.7. The van der Waals surface area contributed by atoms with Gasteiger partial charge in [-0.05, 0) is 36.8 Å². The van der Waals surface area contributed by atoms with Crippen molar-refractivity contribution >= 4 is 27.8 Å². The first-order valence-corrected chi connectivity index (χ1v) is 14.9. The number of nitrogens with one attached hydrogen (secondary N) is 3. The van der Waals surface area contributed by atoms with Crippen molar-refractivity contribution in [3.05, 3.63) is 60.3 Å². The van der Waals surface area contributed by atoms with Gasteiger partial charge < -0.3 is 20.3 Å². The summed E-state index contributed by atoms with van der Waals surface area (Å²) >= 11 is 0. The molecule has 3 fully saturated rings. The van der Waals surface area contributed by atoms with Gasteiger partial charge in [-0.3, -0.25) is 14.3 Å². The lowest BCUT2D eigenvalue weighted by Crippen LogP contribution is -2.55. The summed E-state index contributed by atoms with van der Waals surface area (Å²) in [6.45, 7) is 5.70. The van der Waals surface area contributed by atoms with E-state index in [-0.39, 0.29) is 17.9 Å². The van der Waals surface area contributed by atoms with Crippen LogP contribution >= 0.6 is 0 Å². The maximum absolute atomic E-state index is 13.1. The van der Waals surface area contributed by atoms with Crippen molar-refractivity contribution in [3.8, 4) is 5.88 Å². The predicted octanol–water partition coefficient (Wildman–Crippen LogP) is 0.818. The van der Waals surface area contributed by atoms with Crippen molar-refractivity contribution in [1.29, 1.82) is 0 Å². The summed E-state index contributed by atoms with van der Waals surface area (Å²) in [5, 5.41) is 5.42. The lowest BCUT2D eigenvalue weighted by molar-refractivity contribution is -0.130. The summed E-state index contributed by atoms with van der Waals surface area (Å²) in [7, 11) is -3.72. The molecule has 1 saturated heterocycles. The van der Waals surface area contributed by atoms with Crippen LogP contribution in [0.5, 0.6) is 5.88 Å². The molecule has 4 aliphatic rings. The van der Waals surface area contributed by atoms with Gasteiger partial charge in [-0.25, -0.2) is 13.4 Å². The Balaban J connectivity index is 1.06. The molecule has 1 aromatic carbocycles. The number of hydrogen-bond acceptors (Lipinski definition) is 9. The number of anilines is 1.